The number of aliphatic carboxylic acids is 1. The number of amides is 1. The number of hydrogen-bond acceptors (Lipinski definition) is 5. The quantitative estimate of drug-likeness (QED) is 0.382. The number of hydrogen-bond donors (Lipinski definition) is 3. The number of non-ortho nitro benzene ring substituents is 1. The van der Waals surface area contributed by atoms with Gasteiger partial charge in [-0.3, -0.25) is 14.9 Å². The molecule has 0 saturated carbocycles. The van der Waals surface area contributed by atoms with Gasteiger partial charge in [0.2, 0.25) is 5.91 Å². The highest BCUT2D eigenvalue weighted by molar-refractivity contribution is 5.91. The van der Waals surface area contributed by atoms with Crippen molar-refractivity contribution in [2.24, 2.45) is 0 Å². The molecule has 0 aliphatic heterocycles. The minimum Gasteiger partial charge on any atom is -0.479 e. The first-order chi connectivity index (χ1) is 9.90. The lowest BCUT2D eigenvalue weighted by atomic mass is 10.2. The minimum absolute atomic E-state index is 0.00553. The zero-order valence-corrected chi connectivity index (χ0v) is 10.9. The van der Waals surface area contributed by atoms with Gasteiger partial charge in [-0.05, 0) is 11.6 Å². The van der Waals surface area contributed by atoms with Crippen LogP contribution in [0.15, 0.2) is 30.3 Å². The molecule has 0 unspecified atom stereocenters. The molecule has 0 aliphatic rings. The van der Waals surface area contributed by atoms with E-state index in [0.29, 0.717) is 5.56 Å². The van der Waals surface area contributed by atoms with Crippen LogP contribution in [0.3, 0.4) is 0 Å². The Morgan fingerprint density at radius 3 is 2.76 bits per heavy atom. The summed E-state index contributed by atoms with van der Waals surface area (Å²) in [5, 5.41) is 30.4. The van der Waals surface area contributed by atoms with Crippen molar-refractivity contribution in [2.75, 3.05) is 6.54 Å². The molecule has 0 heterocycles. The first-order valence-electron chi connectivity index (χ1n) is 6.01. The van der Waals surface area contributed by atoms with Crippen molar-refractivity contribution in [1.29, 1.82) is 0 Å². The zero-order valence-electron chi connectivity index (χ0n) is 10.9. The summed E-state index contributed by atoms with van der Waals surface area (Å²) in [6.45, 7) is 0.00553. The number of carboxylic acids is 1. The number of benzene rings is 1. The second-order valence-electron chi connectivity index (χ2n) is 4.12. The number of nitro groups is 1. The number of carboxylic acid groups (broad SMARTS) is 1. The third-order valence-electron chi connectivity index (χ3n) is 2.51. The molecule has 0 radical (unpaired) electrons. The summed E-state index contributed by atoms with van der Waals surface area (Å²) in [5.41, 5.74) is 0.409. The van der Waals surface area contributed by atoms with E-state index in [0.717, 1.165) is 0 Å². The molecule has 8 nitrogen and oxygen atoms in total. The van der Waals surface area contributed by atoms with Crippen LogP contribution in [0.4, 0.5) is 5.69 Å². The molecule has 8 heteroatoms. The monoisotopic (exact) mass is 294 g/mol. The van der Waals surface area contributed by atoms with Gasteiger partial charge in [-0.15, -0.1) is 0 Å². The number of nitro benzene ring substituents is 1. The van der Waals surface area contributed by atoms with E-state index in [2.05, 4.69) is 5.32 Å². The molecule has 1 aromatic carbocycles. The molecule has 0 aromatic heterocycles. The highest BCUT2D eigenvalue weighted by Gasteiger charge is 2.12. The fraction of sp³-hybridized carbons (Fsp3) is 0.231. The van der Waals surface area contributed by atoms with Crippen LogP contribution in [0.25, 0.3) is 6.08 Å². The van der Waals surface area contributed by atoms with Crippen LogP contribution in [-0.2, 0) is 9.59 Å². The number of nitrogens with one attached hydrogen (secondary N) is 1. The fourth-order valence-corrected chi connectivity index (χ4v) is 1.43. The van der Waals surface area contributed by atoms with Gasteiger partial charge in [0.25, 0.3) is 5.69 Å². The third kappa shape index (κ3) is 5.83. The van der Waals surface area contributed by atoms with Crippen LogP contribution in [0.2, 0.25) is 0 Å². The second-order valence-corrected chi connectivity index (χ2v) is 4.12. The summed E-state index contributed by atoms with van der Waals surface area (Å²) in [4.78, 5) is 31.8. The van der Waals surface area contributed by atoms with Gasteiger partial charge in [0.1, 0.15) is 0 Å². The standard InChI is InChI=1S/C13H14N2O6/c16-11(13(18)19)6-7-14-12(17)5-4-9-2-1-3-10(8-9)15(20)21/h1-5,8,11,16H,6-7H2,(H,14,17)(H,18,19)/b5-4+/t11-/m0/s1. The van der Waals surface area contributed by atoms with E-state index < -0.39 is 22.9 Å². The van der Waals surface area contributed by atoms with Gasteiger partial charge in [-0.1, -0.05) is 12.1 Å². The lowest BCUT2D eigenvalue weighted by molar-refractivity contribution is -0.384. The summed E-state index contributed by atoms with van der Waals surface area (Å²) >= 11 is 0. The van der Waals surface area contributed by atoms with E-state index in [4.69, 9.17) is 10.2 Å². The Bertz CT molecular complexity index is 570. The summed E-state index contributed by atoms with van der Waals surface area (Å²) < 4.78 is 0. The topological polar surface area (TPSA) is 130 Å². The van der Waals surface area contributed by atoms with Crippen molar-refractivity contribution >= 4 is 23.6 Å². The molecule has 0 bridgehead atoms. The molecule has 1 atom stereocenters. The van der Waals surface area contributed by atoms with Gasteiger partial charge >= 0.3 is 5.97 Å². The lowest BCUT2D eigenvalue weighted by Gasteiger charge is -2.05. The van der Waals surface area contributed by atoms with Crippen LogP contribution in [0.1, 0.15) is 12.0 Å². The Kier molecular flexibility index (Phi) is 6.02. The Hall–Kier alpha value is -2.74. The first-order valence-corrected chi connectivity index (χ1v) is 6.01. The summed E-state index contributed by atoms with van der Waals surface area (Å²) in [6, 6.07) is 5.76. The number of carbonyl (C=O) groups excluding carboxylic acids is 1. The SMILES string of the molecule is O=C(/C=C/c1cccc([N+](=O)[O-])c1)NCC[C@H](O)C(=O)O. The van der Waals surface area contributed by atoms with Crippen LogP contribution in [0, 0.1) is 10.1 Å². The Labute approximate surface area is 119 Å². The lowest BCUT2D eigenvalue weighted by Crippen LogP contribution is -2.28. The van der Waals surface area contributed by atoms with E-state index in [1.54, 1.807) is 6.07 Å². The predicted molar refractivity (Wildman–Crippen MR) is 73.4 cm³/mol. The molecule has 1 rings (SSSR count). The third-order valence-corrected chi connectivity index (χ3v) is 2.51. The van der Waals surface area contributed by atoms with Crippen LogP contribution in [0.5, 0.6) is 0 Å². The number of aliphatic hydroxyl groups is 1. The van der Waals surface area contributed by atoms with Crippen molar-refractivity contribution in [1.82, 2.24) is 5.32 Å². The van der Waals surface area contributed by atoms with E-state index in [1.807, 2.05) is 0 Å². The first kappa shape index (κ1) is 16.3. The normalized spacial score (nSPS) is 12.0. The van der Waals surface area contributed by atoms with Crippen molar-refractivity contribution in [3.8, 4) is 0 Å². The van der Waals surface area contributed by atoms with Gasteiger partial charge in [-0.2, -0.15) is 0 Å². The average molecular weight is 294 g/mol. The predicted octanol–water partition coefficient (Wildman–Crippen LogP) is 0.560. The molecular weight excluding hydrogens is 280 g/mol. The Balaban J connectivity index is 2.49. The molecule has 0 spiro atoms. The number of rotatable bonds is 7. The van der Waals surface area contributed by atoms with E-state index in [1.165, 1.54) is 30.4 Å². The molecule has 0 fully saturated rings. The average Bonchev–Trinajstić information content (AvgIpc) is 2.45. The van der Waals surface area contributed by atoms with E-state index >= 15 is 0 Å². The number of aliphatic hydroxyl groups excluding tert-OH is 1. The van der Waals surface area contributed by atoms with Crippen LogP contribution >= 0.6 is 0 Å². The summed E-state index contributed by atoms with van der Waals surface area (Å²) in [7, 11) is 0. The van der Waals surface area contributed by atoms with Gasteiger partial charge in [0, 0.05) is 31.2 Å². The van der Waals surface area contributed by atoms with E-state index in [9.17, 15) is 19.7 Å². The smallest absolute Gasteiger partial charge is 0.332 e. The van der Waals surface area contributed by atoms with Crippen LogP contribution < -0.4 is 5.32 Å². The molecular formula is C13H14N2O6. The second kappa shape index (κ2) is 7.75. The minimum atomic E-state index is -1.52. The fourth-order valence-electron chi connectivity index (χ4n) is 1.43. The van der Waals surface area contributed by atoms with Crippen molar-refractivity contribution < 1.29 is 24.7 Å². The zero-order chi connectivity index (χ0) is 15.8. The molecule has 0 aliphatic carbocycles. The van der Waals surface area contributed by atoms with E-state index in [-0.39, 0.29) is 18.7 Å². The van der Waals surface area contributed by atoms with Gasteiger partial charge in [-0.25, -0.2) is 4.79 Å². The van der Waals surface area contributed by atoms with Crippen molar-refractivity contribution in [2.45, 2.75) is 12.5 Å². The van der Waals surface area contributed by atoms with Crippen molar-refractivity contribution in [3.63, 3.8) is 0 Å². The highest BCUT2D eigenvalue weighted by atomic mass is 16.6. The van der Waals surface area contributed by atoms with Gasteiger partial charge < -0.3 is 15.5 Å². The Morgan fingerprint density at radius 2 is 2.14 bits per heavy atom. The van der Waals surface area contributed by atoms with Crippen LogP contribution in [-0.4, -0.2) is 39.7 Å². The van der Waals surface area contributed by atoms with Gasteiger partial charge in [0.15, 0.2) is 6.10 Å². The maximum Gasteiger partial charge on any atom is 0.332 e. The Morgan fingerprint density at radius 1 is 1.43 bits per heavy atom. The molecule has 112 valence electrons. The molecule has 3 N–H and O–H groups in total. The maximum absolute atomic E-state index is 11.4. The maximum atomic E-state index is 11.4. The molecule has 1 amide bonds. The molecule has 21 heavy (non-hydrogen) atoms. The van der Waals surface area contributed by atoms with Gasteiger partial charge in [0.05, 0.1) is 4.92 Å². The number of carbonyl (C=O) groups is 2. The number of nitrogens with zero attached hydrogens (tertiary/aromatic N) is 1. The molecule has 1 aromatic rings. The molecule has 0 saturated heterocycles. The largest absolute Gasteiger partial charge is 0.479 e. The summed E-state index contributed by atoms with van der Waals surface area (Å²) in [6.07, 6.45) is 0.944. The summed E-state index contributed by atoms with van der Waals surface area (Å²) in [5.74, 6) is -1.84. The highest BCUT2D eigenvalue weighted by Crippen LogP contribution is 2.13. The van der Waals surface area contributed by atoms with Crippen molar-refractivity contribution in [3.05, 3.63) is 46.0 Å².